The van der Waals surface area contributed by atoms with Crippen molar-refractivity contribution in [1.29, 1.82) is 0 Å². The van der Waals surface area contributed by atoms with E-state index in [-0.39, 0.29) is 39.6 Å². The molecule has 1 aliphatic heterocycles. The van der Waals surface area contributed by atoms with Gasteiger partial charge in [-0.3, -0.25) is 9.59 Å². The van der Waals surface area contributed by atoms with Crippen LogP contribution in [0.15, 0.2) is 0 Å². The predicted molar refractivity (Wildman–Crippen MR) is 111 cm³/mol. The van der Waals surface area contributed by atoms with Gasteiger partial charge in [0.15, 0.2) is 21.9 Å². The largest absolute Gasteiger partial charge is 0.477 e. The van der Waals surface area contributed by atoms with Gasteiger partial charge >= 0.3 is 5.97 Å². The van der Waals surface area contributed by atoms with Gasteiger partial charge in [0.1, 0.15) is 10.6 Å². The van der Waals surface area contributed by atoms with E-state index in [0.29, 0.717) is 36.8 Å². The molecule has 0 saturated carbocycles. The number of aryl methyl sites for hydroxylation is 1. The molecule has 0 radical (unpaired) electrons. The number of carboxylic acids is 1. The number of nitrogens with zero attached hydrogens (tertiary/aromatic N) is 3. The van der Waals surface area contributed by atoms with E-state index >= 15 is 0 Å². The molecule has 0 bridgehead atoms. The van der Waals surface area contributed by atoms with Crippen LogP contribution < -0.4 is 10.2 Å². The molecule has 2 aromatic heterocycles. The highest BCUT2D eigenvalue weighted by molar-refractivity contribution is 7.17. The summed E-state index contributed by atoms with van der Waals surface area (Å²) in [6, 6.07) is -0.279. The minimum atomic E-state index is -1.18. The van der Waals surface area contributed by atoms with E-state index in [1.54, 1.807) is 0 Å². The number of hydrogen-bond donors (Lipinski definition) is 3. The fourth-order valence-corrected chi connectivity index (χ4v) is 4.54. The molecule has 3 N–H and O–H groups in total. The SMILES string of the molecule is CCc1[nH]c(C(=O)NC2CCN(c3nc(C(C)=O)c(C(=O)O)s3)CC2OC)nc1Cl. The summed E-state index contributed by atoms with van der Waals surface area (Å²) in [5, 5.41) is 13.0. The Labute approximate surface area is 181 Å². The van der Waals surface area contributed by atoms with Gasteiger partial charge in [-0.15, -0.1) is 0 Å². The highest BCUT2D eigenvalue weighted by Gasteiger charge is 2.33. The molecule has 162 valence electrons. The van der Waals surface area contributed by atoms with Crippen molar-refractivity contribution in [3.05, 3.63) is 27.2 Å². The Morgan fingerprint density at radius 1 is 1.40 bits per heavy atom. The number of carbonyl (C=O) groups is 3. The molecule has 0 spiro atoms. The lowest BCUT2D eigenvalue weighted by atomic mass is 10.0. The summed E-state index contributed by atoms with van der Waals surface area (Å²) < 4.78 is 5.55. The quantitative estimate of drug-likeness (QED) is 0.539. The van der Waals surface area contributed by atoms with Crippen LogP contribution in [0.3, 0.4) is 0 Å². The van der Waals surface area contributed by atoms with Crippen molar-refractivity contribution in [3.63, 3.8) is 0 Å². The molecule has 2 unspecified atom stereocenters. The molecule has 1 fully saturated rings. The number of H-pyrrole nitrogens is 1. The van der Waals surface area contributed by atoms with Crippen molar-refractivity contribution in [2.24, 2.45) is 0 Å². The number of carbonyl (C=O) groups excluding carboxylic acids is 2. The first-order valence-corrected chi connectivity index (χ1v) is 10.5. The average Bonchev–Trinajstić information content (AvgIpc) is 3.32. The summed E-state index contributed by atoms with van der Waals surface area (Å²) in [6.07, 6.45) is 0.806. The number of methoxy groups -OCH3 is 1. The standard InChI is InChI=1S/C18H22ClN5O5S/c1-4-9-14(19)23-15(20-9)16(26)21-10-5-6-24(7-11(10)29-3)18-22-12(8(2)25)13(30-18)17(27)28/h10-11H,4-7H2,1-3H3,(H,20,23)(H,21,26)(H,27,28). The fraction of sp³-hybridized carbons (Fsp3) is 0.500. The molecule has 3 heterocycles. The van der Waals surface area contributed by atoms with E-state index in [0.717, 1.165) is 11.3 Å². The van der Waals surface area contributed by atoms with Gasteiger partial charge in [-0.05, 0) is 12.8 Å². The second kappa shape index (κ2) is 9.11. The Morgan fingerprint density at radius 2 is 2.13 bits per heavy atom. The molecule has 0 aromatic carbocycles. The number of carboxylic acid groups (broad SMARTS) is 1. The minimum absolute atomic E-state index is 0.0479. The lowest BCUT2D eigenvalue weighted by molar-refractivity contribution is 0.0538. The Kier molecular flexibility index (Phi) is 6.74. The third kappa shape index (κ3) is 4.47. The number of ether oxygens (including phenoxy) is 1. The normalized spacial score (nSPS) is 19.0. The van der Waals surface area contributed by atoms with Gasteiger partial charge in [0.2, 0.25) is 0 Å². The molecule has 0 aliphatic carbocycles. The number of thiazole rings is 1. The number of anilines is 1. The first-order chi connectivity index (χ1) is 14.2. The number of halogens is 1. The Morgan fingerprint density at radius 3 is 2.67 bits per heavy atom. The topological polar surface area (TPSA) is 138 Å². The summed E-state index contributed by atoms with van der Waals surface area (Å²) in [6.45, 7) is 4.08. The Bertz CT molecular complexity index is 943. The molecule has 1 aliphatic rings. The summed E-state index contributed by atoms with van der Waals surface area (Å²) in [7, 11) is 1.54. The van der Waals surface area contributed by atoms with E-state index in [1.807, 2.05) is 11.8 Å². The lowest BCUT2D eigenvalue weighted by Gasteiger charge is -2.37. The molecule has 30 heavy (non-hydrogen) atoms. The molecule has 2 aromatic rings. The van der Waals surface area contributed by atoms with Crippen molar-refractivity contribution in [2.45, 2.75) is 38.8 Å². The zero-order valence-electron chi connectivity index (χ0n) is 16.7. The van der Waals surface area contributed by atoms with Gasteiger partial charge in [-0.1, -0.05) is 29.9 Å². The maximum Gasteiger partial charge on any atom is 0.348 e. The third-order valence-electron chi connectivity index (χ3n) is 4.89. The van der Waals surface area contributed by atoms with Gasteiger partial charge in [0.05, 0.1) is 17.8 Å². The number of aromatic amines is 1. The second-order valence-corrected chi connectivity index (χ2v) is 8.17. The summed E-state index contributed by atoms with van der Waals surface area (Å²) >= 11 is 6.96. The molecule has 10 nitrogen and oxygen atoms in total. The van der Waals surface area contributed by atoms with E-state index in [1.165, 1.54) is 14.0 Å². The van der Waals surface area contributed by atoms with Crippen LogP contribution in [0.1, 0.15) is 56.7 Å². The number of Topliss-reactive ketones (excluding diaryl/α,β-unsaturated/α-hetero) is 1. The van der Waals surface area contributed by atoms with Crippen LogP contribution in [0, 0.1) is 0 Å². The summed E-state index contributed by atoms with van der Waals surface area (Å²) in [5.74, 6) is -1.81. The number of imidazole rings is 1. The number of rotatable bonds is 7. The molecular formula is C18H22ClN5O5S. The monoisotopic (exact) mass is 455 g/mol. The number of aromatic carboxylic acids is 1. The van der Waals surface area contributed by atoms with E-state index in [4.69, 9.17) is 16.3 Å². The number of amides is 1. The smallest absolute Gasteiger partial charge is 0.348 e. The van der Waals surface area contributed by atoms with E-state index in [2.05, 4.69) is 20.3 Å². The lowest BCUT2D eigenvalue weighted by Crippen LogP contribution is -2.55. The van der Waals surface area contributed by atoms with Crippen LogP contribution in [-0.2, 0) is 11.2 Å². The Balaban J connectivity index is 1.72. The number of piperidine rings is 1. The predicted octanol–water partition coefficient (Wildman–Crippen LogP) is 2.01. The molecule has 1 amide bonds. The van der Waals surface area contributed by atoms with Crippen molar-refractivity contribution in [1.82, 2.24) is 20.3 Å². The van der Waals surface area contributed by atoms with Crippen LogP contribution in [0.4, 0.5) is 5.13 Å². The molecule has 3 rings (SSSR count). The van der Waals surface area contributed by atoms with Gasteiger partial charge in [0.25, 0.3) is 5.91 Å². The number of ketones is 1. The van der Waals surface area contributed by atoms with Crippen molar-refractivity contribution < 1.29 is 24.2 Å². The third-order valence-corrected chi connectivity index (χ3v) is 6.31. The first kappa shape index (κ1) is 22.2. The van der Waals surface area contributed by atoms with Crippen molar-refractivity contribution >= 4 is 45.7 Å². The minimum Gasteiger partial charge on any atom is -0.477 e. The molecular weight excluding hydrogens is 434 g/mol. The van der Waals surface area contributed by atoms with Crippen LogP contribution in [0.5, 0.6) is 0 Å². The Hall–Kier alpha value is -2.50. The number of hydrogen-bond acceptors (Lipinski definition) is 8. The highest BCUT2D eigenvalue weighted by Crippen LogP contribution is 2.30. The van der Waals surface area contributed by atoms with Crippen molar-refractivity contribution in [3.8, 4) is 0 Å². The van der Waals surface area contributed by atoms with Crippen LogP contribution in [0.25, 0.3) is 0 Å². The van der Waals surface area contributed by atoms with Crippen molar-refractivity contribution in [2.75, 3.05) is 25.1 Å². The first-order valence-electron chi connectivity index (χ1n) is 9.33. The summed E-state index contributed by atoms with van der Waals surface area (Å²) in [4.78, 5) is 48.7. The van der Waals surface area contributed by atoms with Gasteiger partial charge in [-0.25, -0.2) is 14.8 Å². The number of nitrogens with one attached hydrogen (secondary N) is 2. The summed E-state index contributed by atoms with van der Waals surface area (Å²) in [5.41, 5.74) is 0.646. The second-order valence-electron chi connectivity index (χ2n) is 6.83. The van der Waals surface area contributed by atoms with Gasteiger partial charge < -0.3 is 25.0 Å². The van der Waals surface area contributed by atoms with E-state index < -0.39 is 11.8 Å². The van der Waals surface area contributed by atoms with Gasteiger partial charge in [0, 0.05) is 27.1 Å². The fourth-order valence-electron chi connectivity index (χ4n) is 3.29. The highest BCUT2D eigenvalue weighted by atomic mass is 35.5. The van der Waals surface area contributed by atoms with Gasteiger partial charge in [-0.2, -0.15) is 0 Å². The van der Waals surface area contributed by atoms with Crippen LogP contribution in [-0.4, -0.2) is 70.1 Å². The zero-order chi connectivity index (χ0) is 22.0. The maximum absolute atomic E-state index is 12.6. The maximum atomic E-state index is 12.6. The molecule has 2 atom stereocenters. The zero-order valence-corrected chi connectivity index (χ0v) is 18.3. The molecule has 12 heteroatoms. The van der Waals surface area contributed by atoms with Crippen LogP contribution in [0.2, 0.25) is 5.15 Å². The number of aromatic nitrogens is 3. The molecule has 1 saturated heterocycles. The average molecular weight is 456 g/mol. The van der Waals surface area contributed by atoms with E-state index in [9.17, 15) is 19.5 Å². The van der Waals surface area contributed by atoms with Crippen LogP contribution >= 0.6 is 22.9 Å².